The molecule has 0 aromatic heterocycles. The first kappa shape index (κ1) is 9.41. The maximum atomic E-state index is 13.3. The van der Waals surface area contributed by atoms with E-state index < -0.39 is 0 Å². The Labute approximate surface area is 82.9 Å². The van der Waals surface area contributed by atoms with Crippen molar-refractivity contribution in [3.8, 4) is 0 Å². The summed E-state index contributed by atoms with van der Waals surface area (Å²) < 4.78 is 13.3. The van der Waals surface area contributed by atoms with Gasteiger partial charge in [0.1, 0.15) is 5.82 Å². The largest absolute Gasteiger partial charge is 0.389 e. The molecule has 0 saturated heterocycles. The van der Waals surface area contributed by atoms with Crippen LogP contribution in [0.3, 0.4) is 0 Å². The summed E-state index contributed by atoms with van der Waals surface area (Å²) in [6, 6.07) is 6.79. The molecule has 0 fully saturated rings. The molecule has 0 heterocycles. The van der Waals surface area contributed by atoms with Crippen LogP contribution in [0.2, 0.25) is 0 Å². The topological polar surface area (TPSA) is 20.2 Å². The summed E-state index contributed by atoms with van der Waals surface area (Å²) in [5, 5.41) is 9.28. The number of allylic oxidation sites excluding steroid dienone is 1. The molecule has 2 heteroatoms. The van der Waals surface area contributed by atoms with Crippen LogP contribution in [-0.2, 0) is 6.42 Å². The molecule has 74 valence electrons. The van der Waals surface area contributed by atoms with E-state index >= 15 is 0 Å². The first-order valence-corrected chi connectivity index (χ1v) is 4.87. The van der Waals surface area contributed by atoms with Gasteiger partial charge in [-0.15, -0.1) is 0 Å². The van der Waals surface area contributed by atoms with E-state index in [1.807, 2.05) is 12.1 Å². The molecule has 2 rings (SSSR count). The molecule has 1 unspecified atom stereocenters. The first-order valence-electron chi connectivity index (χ1n) is 4.87. The van der Waals surface area contributed by atoms with Crippen molar-refractivity contribution in [2.45, 2.75) is 25.4 Å². The van der Waals surface area contributed by atoms with Gasteiger partial charge in [0.2, 0.25) is 0 Å². The minimum absolute atomic E-state index is 0.158. The highest BCUT2D eigenvalue weighted by Gasteiger charge is 2.13. The van der Waals surface area contributed by atoms with Crippen molar-refractivity contribution in [3.05, 3.63) is 47.3 Å². The second kappa shape index (κ2) is 3.93. The third-order valence-electron chi connectivity index (χ3n) is 2.56. The second-order valence-electron chi connectivity index (χ2n) is 3.70. The van der Waals surface area contributed by atoms with Gasteiger partial charge in [0, 0.05) is 0 Å². The number of hydrogen-bond donors (Lipinski definition) is 1. The zero-order valence-corrected chi connectivity index (χ0v) is 7.91. The molecule has 1 atom stereocenters. The summed E-state index contributed by atoms with van der Waals surface area (Å²) in [5.74, 6) is -0.158. The van der Waals surface area contributed by atoms with Crippen molar-refractivity contribution < 1.29 is 9.50 Å². The number of rotatable bonds is 2. The van der Waals surface area contributed by atoms with Crippen LogP contribution in [0.15, 0.2) is 35.9 Å². The number of aliphatic hydroxyl groups is 1. The standard InChI is InChI=1S/C12H13FO/c13-12-4-2-1-3-10(12)7-9-5-6-11(14)8-9/h1-4,8,11,14H,5-7H2. The Morgan fingerprint density at radius 2 is 2.14 bits per heavy atom. The molecule has 1 N–H and O–H groups in total. The summed E-state index contributed by atoms with van der Waals surface area (Å²) in [5.41, 5.74) is 1.86. The van der Waals surface area contributed by atoms with Crippen LogP contribution in [0.1, 0.15) is 18.4 Å². The van der Waals surface area contributed by atoms with Crippen LogP contribution < -0.4 is 0 Å². The van der Waals surface area contributed by atoms with E-state index in [9.17, 15) is 9.50 Å². The molecule has 1 aliphatic rings. The maximum absolute atomic E-state index is 13.3. The molecular formula is C12H13FO. The minimum Gasteiger partial charge on any atom is -0.389 e. The summed E-state index contributed by atoms with van der Waals surface area (Å²) in [7, 11) is 0. The molecule has 0 amide bonds. The van der Waals surface area contributed by atoms with Crippen molar-refractivity contribution in [2.24, 2.45) is 0 Å². The third-order valence-corrected chi connectivity index (χ3v) is 2.56. The number of aliphatic hydroxyl groups excluding tert-OH is 1. The first-order chi connectivity index (χ1) is 6.75. The molecule has 0 radical (unpaired) electrons. The summed E-state index contributed by atoms with van der Waals surface area (Å²) >= 11 is 0. The van der Waals surface area contributed by atoms with Gasteiger partial charge in [0.05, 0.1) is 6.10 Å². The molecule has 0 aliphatic heterocycles. The molecule has 14 heavy (non-hydrogen) atoms. The van der Waals surface area contributed by atoms with Crippen LogP contribution in [0.25, 0.3) is 0 Å². The minimum atomic E-state index is -0.322. The van der Waals surface area contributed by atoms with Crippen molar-refractivity contribution in [3.63, 3.8) is 0 Å². The van der Waals surface area contributed by atoms with Crippen LogP contribution in [0.4, 0.5) is 4.39 Å². The van der Waals surface area contributed by atoms with Gasteiger partial charge >= 0.3 is 0 Å². The number of halogens is 1. The predicted molar refractivity (Wildman–Crippen MR) is 53.4 cm³/mol. The lowest BCUT2D eigenvalue weighted by atomic mass is 10.0. The van der Waals surface area contributed by atoms with Gasteiger partial charge in [-0.1, -0.05) is 29.8 Å². The number of benzene rings is 1. The lowest BCUT2D eigenvalue weighted by Gasteiger charge is -2.02. The lowest BCUT2D eigenvalue weighted by Crippen LogP contribution is -1.93. The highest BCUT2D eigenvalue weighted by molar-refractivity contribution is 5.25. The van der Waals surface area contributed by atoms with Crippen LogP contribution in [0, 0.1) is 5.82 Å². The summed E-state index contributed by atoms with van der Waals surface area (Å²) in [6.45, 7) is 0. The third kappa shape index (κ3) is 2.02. The van der Waals surface area contributed by atoms with Gasteiger partial charge in [-0.2, -0.15) is 0 Å². The van der Waals surface area contributed by atoms with E-state index in [1.165, 1.54) is 6.07 Å². The van der Waals surface area contributed by atoms with Crippen LogP contribution in [-0.4, -0.2) is 11.2 Å². The molecule has 1 aliphatic carbocycles. The molecule has 1 aromatic carbocycles. The zero-order valence-electron chi connectivity index (χ0n) is 7.91. The Bertz CT molecular complexity index is 357. The Hall–Kier alpha value is -1.15. The molecular weight excluding hydrogens is 179 g/mol. The molecule has 0 spiro atoms. The Morgan fingerprint density at radius 1 is 1.36 bits per heavy atom. The fourth-order valence-electron chi connectivity index (χ4n) is 1.81. The van der Waals surface area contributed by atoms with Crippen molar-refractivity contribution >= 4 is 0 Å². The van der Waals surface area contributed by atoms with E-state index in [0.29, 0.717) is 12.0 Å². The van der Waals surface area contributed by atoms with Gasteiger partial charge < -0.3 is 5.11 Å². The highest BCUT2D eigenvalue weighted by Crippen LogP contribution is 2.23. The van der Waals surface area contributed by atoms with Crippen molar-refractivity contribution in [2.75, 3.05) is 0 Å². The maximum Gasteiger partial charge on any atom is 0.126 e. The Balaban J connectivity index is 2.12. The van der Waals surface area contributed by atoms with Gasteiger partial charge in [-0.3, -0.25) is 0 Å². The molecule has 0 bridgehead atoms. The average Bonchev–Trinajstić information content (AvgIpc) is 2.56. The molecule has 1 aromatic rings. The van der Waals surface area contributed by atoms with E-state index in [0.717, 1.165) is 18.4 Å². The van der Waals surface area contributed by atoms with E-state index in [1.54, 1.807) is 12.1 Å². The fourth-order valence-corrected chi connectivity index (χ4v) is 1.81. The summed E-state index contributed by atoms with van der Waals surface area (Å²) in [6.07, 6.45) is 3.81. The molecule has 1 nitrogen and oxygen atoms in total. The summed E-state index contributed by atoms with van der Waals surface area (Å²) in [4.78, 5) is 0. The SMILES string of the molecule is OC1C=C(Cc2ccccc2F)CC1. The Morgan fingerprint density at radius 3 is 2.79 bits per heavy atom. The van der Waals surface area contributed by atoms with Gasteiger partial charge in [-0.25, -0.2) is 4.39 Å². The van der Waals surface area contributed by atoms with E-state index in [2.05, 4.69) is 0 Å². The van der Waals surface area contributed by atoms with Crippen LogP contribution >= 0.6 is 0 Å². The van der Waals surface area contributed by atoms with Crippen molar-refractivity contribution in [1.29, 1.82) is 0 Å². The van der Waals surface area contributed by atoms with Crippen LogP contribution in [0.5, 0.6) is 0 Å². The van der Waals surface area contributed by atoms with E-state index in [-0.39, 0.29) is 11.9 Å². The lowest BCUT2D eigenvalue weighted by molar-refractivity contribution is 0.223. The zero-order chi connectivity index (χ0) is 9.97. The smallest absolute Gasteiger partial charge is 0.126 e. The highest BCUT2D eigenvalue weighted by atomic mass is 19.1. The molecule has 0 saturated carbocycles. The Kier molecular flexibility index (Phi) is 2.64. The van der Waals surface area contributed by atoms with Gasteiger partial charge in [0.15, 0.2) is 0 Å². The second-order valence-corrected chi connectivity index (χ2v) is 3.70. The average molecular weight is 192 g/mol. The van der Waals surface area contributed by atoms with Crippen molar-refractivity contribution in [1.82, 2.24) is 0 Å². The normalized spacial score (nSPS) is 21.0. The fraction of sp³-hybridized carbons (Fsp3) is 0.333. The predicted octanol–water partition coefficient (Wildman–Crippen LogP) is 2.45. The quantitative estimate of drug-likeness (QED) is 0.713. The monoisotopic (exact) mass is 192 g/mol. The van der Waals surface area contributed by atoms with Gasteiger partial charge in [0.25, 0.3) is 0 Å². The van der Waals surface area contributed by atoms with E-state index in [4.69, 9.17) is 0 Å². The van der Waals surface area contributed by atoms with Gasteiger partial charge in [-0.05, 0) is 30.9 Å². The number of hydrogen-bond acceptors (Lipinski definition) is 1.